The van der Waals surface area contributed by atoms with Crippen molar-refractivity contribution in [2.45, 2.75) is 37.5 Å². The molecule has 0 bridgehead atoms. The summed E-state index contributed by atoms with van der Waals surface area (Å²) >= 11 is 12.6. The number of carbonyl (C=O) groups is 1. The zero-order valence-corrected chi connectivity index (χ0v) is 29.1. The van der Waals surface area contributed by atoms with Crippen LogP contribution in [0.5, 0.6) is 0 Å². The molecule has 0 aliphatic heterocycles. The molecule has 5 N–H and O–H groups in total. The van der Waals surface area contributed by atoms with Gasteiger partial charge in [0.25, 0.3) is 20.2 Å². The zero-order valence-electron chi connectivity index (χ0n) is 25.1. The summed E-state index contributed by atoms with van der Waals surface area (Å²) in [4.78, 5) is 13.6. The average molecular weight is 766 g/mol. The molecule has 260 valence electrons. The third-order valence-electron chi connectivity index (χ3n) is 6.46. The zero-order chi connectivity index (χ0) is 35.9. The van der Waals surface area contributed by atoms with Crippen molar-refractivity contribution >= 4 is 82.2 Å². The van der Waals surface area contributed by atoms with Gasteiger partial charge in [0.15, 0.2) is 5.82 Å². The number of rotatable bonds is 16. The summed E-state index contributed by atoms with van der Waals surface area (Å²) in [5, 5.41) is 29.6. The molecule has 48 heavy (non-hydrogen) atoms. The number of hydrogen-bond donors (Lipinski definition) is 4. The van der Waals surface area contributed by atoms with E-state index in [0.717, 1.165) is 23.0 Å². The maximum Gasteiger partial charge on any atom is 0.264 e. The maximum absolute atomic E-state index is 12.1. The first kappa shape index (κ1) is 38.8. The highest BCUT2D eigenvalue weighted by Gasteiger charge is 2.21. The lowest BCUT2D eigenvalue weighted by atomic mass is 10.2. The summed E-state index contributed by atoms with van der Waals surface area (Å²) in [6.07, 6.45) is 2.10. The minimum atomic E-state index is -4.17. The Kier molecular flexibility index (Phi) is 13.0. The lowest BCUT2D eigenvalue weighted by molar-refractivity contribution is -0.114. The molecule has 3 aromatic rings. The monoisotopic (exact) mass is 764 g/mol. The number of anilines is 2. The Balaban J connectivity index is 2.01. The quantitative estimate of drug-likeness (QED) is 0.0907. The Bertz CT molecular complexity index is 2020. The Morgan fingerprint density at radius 2 is 1.54 bits per heavy atom. The van der Waals surface area contributed by atoms with Crippen molar-refractivity contribution in [3.05, 3.63) is 52.1 Å². The molecule has 0 atom stereocenters. The van der Waals surface area contributed by atoms with Crippen molar-refractivity contribution < 1.29 is 39.2 Å². The second-order valence-corrected chi connectivity index (χ2v) is 15.8. The standard InChI is InChI=1S/C26H30Cl2N8O9S3/c1-17(37)32-24-12-19(35(8-2-4-10-46(38,39)40)9-3-5-11-47(41,42)43)6-7-23(24)33-34-26-18(15-29)16-31-36(26)25-21(27)13-20(14-22(25)28)48(30,44)45/h6-7,12-14,16H,2-5,8-11H2,1H3,(H,32,37)(H2,30,44,45)(H,38,39,40)(H,41,42,43). The number of azo groups is 1. The van der Waals surface area contributed by atoms with Crippen LogP contribution in [0.4, 0.5) is 22.9 Å². The Morgan fingerprint density at radius 1 is 0.979 bits per heavy atom. The molecule has 3 rings (SSSR count). The number of aromatic nitrogens is 2. The number of benzene rings is 2. The predicted octanol–water partition coefficient (Wildman–Crippen LogP) is 4.21. The summed E-state index contributed by atoms with van der Waals surface area (Å²) in [5.74, 6) is -1.50. The molecule has 0 spiro atoms. The molecular formula is C26H30Cl2N8O9S3. The first-order valence-corrected chi connectivity index (χ1v) is 19.3. The van der Waals surface area contributed by atoms with E-state index in [2.05, 4.69) is 20.6 Å². The van der Waals surface area contributed by atoms with Crippen molar-refractivity contribution in [2.75, 3.05) is 34.8 Å². The smallest absolute Gasteiger partial charge is 0.264 e. The fourth-order valence-corrected chi connectivity index (χ4v) is 6.81. The van der Waals surface area contributed by atoms with Gasteiger partial charge in [0.05, 0.1) is 38.3 Å². The number of unbranched alkanes of at least 4 members (excludes halogenated alkanes) is 2. The van der Waals surface area contributed by atoms with Crippen LogP contribution in [0.15, 0.2) is 51.7 Å². The minimum absolute atomic E-state index is 0.0164. The van der Waals surface area contributed by atoms with Crippen LogP contribution in [-0.2, 0) is 35.1 Å². The van der Waals surface area contributed by atoms with Crippen LogP contribution in [0.1, 0.15) is 38.2 Å². The third-order valence-corrected chi connectivity index (χ3v) is 9.54. The van der Waals surface area contributed by atoms with Gasteiger partial charge in [-0.25, -0.2) is 18.2 Å². The van der Waals surface area contributed by atoms with E-state index in [-0.39, 0.29) is 69.3 Å². The predicted molar refractivity (Wildman–Crippen MR) is 178 cm³/mol. The molecule has 0 aliphatic carbocycles. The van der Waals surface area contributed by atoms with E-state index in [1.165, 1.54) is 13.0 Å². The minimum Gasteiger partial charge on any atom is -0.371 e. The number of primary sulfonamides is 1. The van der Waals surface area contributed by atoms with Gasteiger partial charge in [-0.1, -0.05) is 23.2 Å². The van der Waals surface area contributed by atoms with Crippen LogP contribution in [0.2, 0.25) is 10.0 Å². The van der Waals surface area contributed by atoms with Crippen molar-refractivity contribution in [1.29, 1.82) is 5.26 Å². The van der Waals surface area contributed by atoms with E-state index in [9.17, 15) is 35.3 Å². The van der Waals surface area contributed by atoms with Crippen molar-refractivity contribution in [2.24, 2.45) is 15.4 Å². The third kappa shape index (κ3) is 11.5. The molecule has 1 amide bonds. The molecule has 1 aromatic heterocycles. The van der Waals surface area contributed by atoms with Crippen molar-refractivity contribution in [1.82, 2.24) is 9.78 Å². The lowest BCUT2D eigenvalue weighted by Crippen LogP contribution is -2.26. The second-order valence-electron chi connectivity index (χ2n) is 10.2. The summed E-state index contributed by atoms with van der Waals surface area (Å²) in [7, 11) is -12.5. The fourth-order valence-electron chi connectivity index (χ4n) is 4.33. The molecule has 0 saturated carbocycles. The topological polar surface area (TPSA) is 268 Å². The van der Waals surface area contributed by atoms with E-state index in [1.807, 2.05) is 6.07 Å². The molecule has 0 fully saturated rings. The van der Waals surface area contributed by atoms with E-state index in [4.69, 9.17) is 37.4 Å². The summed E-state index contributed by atoms with van der Waals surface area (Å²) in [5.41, 5.74) is 0.776. The van der Waals surface area contributed by atoms with Gasteiger partial charge in [0.1, 0.15) is 23.0 Å². The highest BCUT2D eigenvalue weighted by molar-refractivity contribution is 7.89. The van der Waals surface area contributed by atoms with Crippen molar-refractivity contribution in [3.63, 3.8) is 0 Å². The van der Waals surface area contributed by atoms with Gasteiger partial charge in [-0.2, -0.15) is 27.2 Å². The highest BCUT2D eigenvalue weighted by atomic mass is 35.5. The van der Waals surface area contributed by atoms with Gasteiger partial charge < -0.3 is 10.2 Å². The Hall–Kier alpha value is -3.68. The second kappa shape index (κ2) is 16.1. The van der Waals surface area contributed by atoms with E-state index in [1.54, 1.807) is 17.0 Å². The van der Waals surface area contributed by atoms with Gasteiger partial charge in [-0.05, 0) is 56.0 Å². The number of halogens is 2. The normalized spacial score (nSPS) is 12.3. The van der Waals surface area contributed by atoms with Gasteiger partial charge in [0, 0.05) is 25.7 Å². The number of sulfonamides is 1. The summed E-state index contributed by atoms with van der Waals surface area (Å²) in [6, 6.07) is 8.70. The van der Waals surface area contributed by atoms with Gasteiger partial charge in [-0.3, -0.25) is 13.9 Å². The number of carbonyl (C=O) groups excluding carboxylic acids is 1. The fraction of sp³-hybridized carbons (Fsp3) is 0.346. The lowest BCUT2D eigenvalue weighted by Gasteiger charge is -2.26. The van der Waals surface area contributed by atoms with Gasteiger partial charge in [0.2, 0.25) is 15.9 Å². The molecule has 22 heteroatoms. The highest BCUT2D eigenvalue weighted by Crippen LogP contribution is 2.37. The summed E-state index contributed by atoms with van der Waals surface area (Å²) in [6.45, 7) is 1.84. The molecule has 0 unspecified atom stereocenters. The molecular weight excluding hydrogens is 735 g/mol. The average Bonchev–Trinajstić information content (AvgIpc) is 3.35. The van der Waals surface area contributed by atoms with Crippen LogP contribution >= 0.6 is 23.2 Å². The van der Waals surface area contributed by atoms with Crippen LogP contribution in [0.3, 0.4) is 0 Å². The molecule has 1 heterocycles. The molecule has 0 saturated heterocycles. The van der Waals surface area contributed by atoms with Crippen LogP contribution in [0, 0.1) is 11.3 Å². The van der Waals surface area contributed by atoms with E-state index in [0.29, 0.717) is 18.5 Å². The van der Waals surface area contributed by atoms with Crippen LogP contribution < -0.4 is 15.4 Å². The molecule has 2 aromatic carbocycles. The number of nitriles is 1. The number of nitrogens with two attached hydrogens (primary N) is 1. The van der Waals surface area contributed by atoms with Gasteiger partial charge in [-0.15, -0.1) is 10.2 Å². The SMILES string of the molecule is CC(=O)Nc1cc(N(CCCCS(=O)(=O)O)CCCCS(=O)(=O)O)ccc1N=Nc1c(C#N)cnn1-c1c(Cl)cc(S(N)(=O)=O)cc1Cl. The number of amides is 1. The molecule has 17 nitrogen and oxygen atoms in total. The number of nitrogens with one attached hydrogen (secondary N) is 1. The Labute approximate surface area is 286 Å². The van der Waals surface area contributed by atoms with Crippen molar-refractivity contribution in [3.8, 4) is 11.8 Å². The first-order valence-electron chi connectivity index (χ1n) is 13.8. The first-order chi connectivity index (χ1) is 22.3. The van der Waals surface area contributed by atoms with Crippen LogP contribution in [0.25, 0.3) is 5.69 Å². The molecule has 0 radical (unpaired) electrons. The number of nitrogens with zero attached hydrogens (tertiary/aromatic N) is 6. The van der Waals surface area contributed by atoms with E-state index < -0.39 is 47.7 Å². The number of hydrogen-bond acceptors (Lipinski definition) is 12. The van der Waals surface area contributed by atoms with Crippen LogP contribution in [-0.4, -0.2) is 74.6 Å². The summed E-state index contributed by atoms with van der Waals surface area (Å²) < 4.78 is 87.4. The largest absolute Gasteiger partial charge is 0.371 e. The molecule has 0 aliphatic rings. The van der Waals surface area contributed by atoms with E-state index >= 15 is 0 Å². The Morgan fingerprint density at radius 3 is 2.02 bits per heavy atom. The van der Waals surface area contributed by atoms with Gasteiger partial charge >= 0.3 is 0 Å². The maximum atomic E-state index is 12.1.